The van der Waals surface area contributed by atoms with Gasteiger partial charge in [-0.2, -0.15) is 0 Å². The lowest BCUT2D eigenvalue weighted by Crippen LogP contribution is -2.42. The highest BCUT2D eigenvalue weighted by atomic mass is 35.5. The average Bonchev–Trinajstić information content (AvgIpc) is 2.90. The highest BCUT2D eigenvalue weighted by Crippen LogP contribution is 2.09. The van der Waals surface area contributed by atoms with Crippen LogP contribution in [-0.2, 0) is 11.2 Å². The van der Waals surface area contributed by atoms with Gasteiger partial charge in [-0.1, -0.05) is 0 Å². The molecule has 17 heavy (non-hydrogen) atoms. The molecule has 98 valence electrons. The van der Waals surface area contributed by atoms with Crippen molar-refractivity contribution in [2.24, 2.45) is 0 Å². The Morgan fingerprint density at radius 2 is 2.41 bits per heavy atom. The first-order chi connectivity index (χ1) is 7.36. The predicted octanol–water partition coefficient (Wildman–Crippen LogP) is 1.31. The van der Waals surface area contributed by atoms with Crippen LogP contribution in [0.3, 0.4) is 0 Å². The van der Waals surface area contributed by atoms with Gasteiger partial charge < -0.3 is 5.32 Å². The second-order valence-corrected chi connectivity index (χ2v) is 5.04. The topological polar surface area (TPSA) is 54.0 Å². The van der Waals surface area contributed by atoms with Crippen LogP contribution in [0, 0.1) is 0 Å². The average molecular weight is 316 g/mol. The number of nitrogens with one attached hydrogen (secondary N) is 2. The van der Waals surface area contributed by atoms with Crippen LogP contribution in [0.25, 0.3) is 0 Å². The normalized spacial score (nSPS) is 18.0. The van der Waals surface area contributed by atoms with Gasteiger partial charge in [-0.15, -0.1) is 47.9 Å². The van der Waals surface area contributed by atoms with Gasteiger partial charge in [0.05, 0.1) is 17.2 Å². The maximum atomic E-state index is 11.6. The lowest BCUT2D eigenvalue weighted by atomic mass is 10.3. The van der Waals surface area contributed by atoms with Crippen molar-refractivity contribution in [2.45, 2.75) is 12.5 Å². The Balaban J connectivity index is 0.00000128. The van der Waals surface area contributed by atoms with E-state index < -0.39 is 0 Å². The summed E-state index contributed by atoms with van der Waals surface area (Å²) in [7, 11) is 0. The van der Waals surface area contributed by atoms with E-state index in [1.165, 1.54) is 0 Å². The van der Waals surface area contributed by atoms with Gasteiger partial charge in [0.1, 0.15) is 0 Å². The molecule has 0 radical (unpaired) electrons. The molecule has 1 aliphatic heterocycles. The third kappa shape index (κ3) is 5.44. The van der Waals surface area contributed by atoms with Crippen molar-refractivity contribution in [3.8, 4) is 0 Å². The fraction of sp³-hybridized carbons (Fsp3) is 0.556. The smallest absolute Gasteiger partial charge is 0.238 e. The van der Waals surface area contributed by atoms with Gasteiger partial charge in [0.2, 0.25) is 5.91 Å². The molecule has 0 aromatic carbocycles. The number of hydrogen-bond donors (Lipinski definition) is 2. The van der Waals surface area contributed by atoms with Crippen LogP contribution in [0.5, 0.6) is 0 Å². The Morgan fingerprint density at radius 1 is 1.59 bits per heavy atom. The van der Waals surface area contributed by atoms with Gasteiger partial charge in [0.15, 0.2) is 0 Å². The largest absolute Gasteiger partial charge is 0.354 e. The van der Waals surface area contributed by atoms with Crippen LogP contribution < -0.4 is 10.6 Å². The summed E-state index contributed by atoms with van der Waals surface area (Å²) in [6, 6.07) is -0.00886. The first-order valence-corrected chi connectivity index (χ1v) is 6.92. The van der Waals surface area contributed by atoms with Crippen LogP contribution in [0.1, 0.15) is 5.69 Å². The Morgan fingerprint density at radius 3 is 3.00 bits per heavy atom. The molecule has 8 heteroatoms. The number of nitrogens with zero attached hydrogens (tertiary/aromatic N) is 1. The summed E-state index contributed by atoms with van der Waals surface area (Å²) in [5, 5.41) is 8.06. The number of halogens is 2. The summed E-state index contributed by atoms with van der Waals surface area (Å²) in [6.45, 7) is 0.672. The molecule has 1 saturated heterocycles. The minimum absolute atomic E-state index is 0. The third-order valence-corrected chi connectivity index (χ3v) is 3.77. The third-order valence-electron chi connectivity index (χ3n) is 2.20. The molecule has 2 N–H and O–H groups in total. The number of amides is 1. The maximum absolute atomic E-state index is 11.6. The maximum Gasteiger partial charge on any atom is 0.238 e. The van der Waals surface area contributed by atoms with Crippen molar-refractivity contribution in [3.63, 3.8) is 0 Å². The summed E-state index contributed by atoms with van der Waals surface area (Å²) >= 11 is 3.34. The molecule has 1 fully saturated rings. The van der Waals surface area contributed by atoms with Crippen molar-refractivity contribution in [2.75, 3.05) is 18.2 Å². The lowest BCUT2D eigenvalue weighted by Gasteiger charge is -2.09. The highest BCUT2D eigenvalue weighted by Gasteiger charge is 2.21. The van der Waals surface area contributed by atoms with Crippen molar-refractivity contribution < 1.29 is 4.79 Å². The lowest BCUT2D eigenvalue weighted by molar-refractivity contribution is -0.122. The van der Waals surface area contributed by atoms with E-state index in [-0.39, 0.29) is 36.8 Å². The fourth-order valence-corrected chi connectivity index (χ4v) is 2.90. The molecule has 2 heterocycles. The summed E-state index contributed by atoms with van der Waals surface area (Å²) < 4.78 is 0. The summed E-state index contributed by atoms with van der Waals surface area (Å²) in [4.78, 5) is 15.7. The first-order valence-electron chi connectivity index (χ1n) is 4.82. The molecule has 1 atom stereocenters. The monoisotopic (exact) mass is 315 g/mol. The van der Waals surface area contributed by atoms with Crippen LogP contribution in [0.4, 0.5) is 0 Å². The molecule has 0 aliphatic carbocycles. The Hall–Kier alpha value is -0.0100. The van der Waals surface area contributed by atoms with E-state index in [0.717, 1.165) is 23.7 Å². The fourth-order valence-electron chi connectivity index (χ4n) is 1.36. The number of carbonyl (C=O) groups excluding carboxylic acids is 1. The van der Waals surface area contributed by atoms with E-state index in [4.69, 9.17) is 0 Å². The summed E-state index contributed by atoms with van der Waals surface area (Å²) in [5.74, 6) is 1.86. The van der Waals surface area contributed by atoms with E-state index in [9.17, 15) is 4.79 Å². The van der Waals surface area contributed by atoms with Crippen molar-refractivity contribution in [1.82, 2.24) is 15.6 Å². The minimum Gasteiger partial charge on any atom is -0.354 e. The van der Waals surface area contributed by atoms with Crippen molar-refractivity contribution in [1.29, 1.82) is 0 Å². The summed E-state index contributed by atoms with van der Waals surface area (Å²) in [5.41, 5.74) is 2.86. The number of thiazole rings is 1. The molecule has 1 amide bonds. The zero-order chi connectivity index (χ0) is 10.5. The van der Waals surface area contributed by atoms with Gasteiger partial charge in [-0.25, -0.2) is 4.98 Å². The van der Waals surface area contributed by atoms with E-state index in [2.05, 4.69) is 15.6 Å². The minimum atomic E-state index is -0.00886. The van der Waals surface area contributed by atoms with Gasteiger partial charge in [0.25, 0.3) is 0 Å². The van der Waals surface area contributed by atoms with E-state index in [0.29, 0.717) is 6.54 Å². The number of thioether (sulfide) groups is 1. The number of hydrogen-bond acceptors (Lipinski definition) is 5. The first kappa shape index (κ1) is 17.0. The van der Waals surface area contributed by atoms with Crippen LogP contribution in [0.15, 0.2) is 10.9 Å². The zero-order valence-electron chi connectivity index (χ0n) is 9.05. The molecular weight excluding hydrogens is 301 g/mol. The number of carbonyl (C=O) groups is 1. The molecule has 1 unspecified atom stereocenters. The predicted molar refractivity (Wildman–Crippen MR) is 77.6 cm³/mol. The van der Waals surface area contributed by atoms with E-state index in [1.807, 2.05) is 10.9 Å². The van der Waals surface area contributed by atoms with Crippen molar-refractivity contribution >= 4 is 53.8 Å². The van der Waals surface area contributed by atoms with Crippen LogP contribution in [-0.4, -0.2) is 35.1 Å². The quantitative estimate of drug-likeness (QED) is 0.879. The summed E-state index contributed by atoms with van der Waals surface area (Å²) in [6.07, 6.45) is 0.815. The van der Waals surface area contributed by atoms with E-state index >= 15 is 0 Å². The Kier molecular flexibility index (Phi) is 8.99. The molecule has 0 spiro atoms. The zero-order valence-corrected chi connectivity index (χ0v) is 12.3. The number of aromatic nitrogens is 1. The van der Waals surface area contributed by atoms with Gasteiger partial charge in [0, 0.05) is 30.0 Å². The van der Waals surface area contributed by atoms with E-state index in [1.54, 1.807) is 23.1 Å². The second-order valence-electron chi connectivity index (χ2n) is 3.29. The molecule has 4 nitrogen and oxygen atoms in total. The molecule has 0 bridgehead atoms. The second kappa shape index (κ2) is 8.99. The standard InChI is InChI=1S/C9H13N3OS2.2ClH/c13-9(8-4-15-6-12-8)10-2-1-7-3-14-5-11-7;;/h3,5,8,12H,1-2,4,6H2,(H,10,13);2*1H. The van der Waals surface area contributed by atoms with Crippen LogP contribution >= 0.6 is 47.9 Å². The van der Waals surface area contributed by atoms with Gasteiger partial charge in [-0.05, 0) is 0 Å². The van der Waals surface area contributed by atoms with Gasteiger partial charge >= 0.3 is 0 Å². The molecular formula is C9H15Cl2N3OS2. The number of rotatable bonds is 4. The highest BCUT2D eigenvalue weighted by molar-refractivity contribution is 7.99. The molecule has 0 saturated carbocycles. The molecule has 1 aliphatic rings. The molecule has 2 rings (SSSR count). The Bertz CT molecular complexity index is 318. The Labute approximate surface area is 121 Å². The van der Waals surface area contributed by atoms with Crippen molar-refractivity contribution in [3.05, 3.63) is 16.6 Å². The molecule has 1 aromatic rings. The van der Waals surface area contributed by atoms with Gasteiger partial charge in [-0.3, -0.25) is 10.1 Å². The van der Waals surface area contributed by atoms with Crippen LogP contribution in [0.2, 0.25) is 0 Å². The molecule has 1 aromatic heterocycles. The SMILES string of the molecule is Cl.Cl.O=C(NCCc1cscn1)C1CSCN1.